The van der Waals surface area contributed by atoms with Crippen LogP contribution in [0, 0.1) is 17.8 Å². The number of halogens is 2. The number of carbonyl (C=O) groups is 1. The first-order valence-corrected chi connectivity index (χ1v) is 6.75. The van der Waals surface area contributed by atoms with E-state index in [-0.39, 0.29) is 42.7 Å². The fraction of sp³-hybridized carbons (Fsp3) is 0.571. The van der Waals surface area contributed by atoms with E-state index in [0.29, 0.717) is 23.3 Å². The molecule has 0 saturated heterocycles. The molecule has 5 nitrogen and oxygen atoms in total. The maximum absolute atomic E-state index is 12.4. The lowest BCUT2D eigenvalue weighted by Gasteiger charge is -2.27. The zero-order valence-electron chi connectivity index (χ0n) is 11.8. The number of nitrogens with one attached hydrogen (secondary N) is 1. The van der Waals surface area contributed by atoms with Crippen LogP contribution in [0.1, 0.15) is 19.3 Å². The number of anilines is 1. The van der Waals surface area contributed by atoms with E-state index >= 15 is 0 Å². The van der Waals surface area contributed by atoms with Crippen molar-refractivity contribution in [1.29, 1.82) is 0 Å². The second kappa shape index (κ2) is 7.29. The van der Waals surface area contributed by atoms with Crippen LogP contribution in [0.2, 0.25) is 0 Å². The first-order valence-electron chi connectivity index (χ1n) is 6.75. The fourth-order valence-electron chi connectivity index (χ4n) is 3.59. The number of aromatic nitrogens is 1. The number of nitrogens with zero attached hydrogens (tertiary/aromatic N) is 1. The number of methoxy groups -OCH3 is 1. The SMILES string of the molecule is COc1ccncc1NC(=O)C1C2CCC(C2)C1N.Cl.Cl. The minimum absolute atomic E-state index is 0. The predicted octanol–water partition coefficient (Wildman–Crippen LogP) is 2.25. The van der Waals surface area contributed by atoms with Crippen molar-refractivity contribution in [2.24, 2.45) is 23.5 Å². The zero-order chi connectivity index (χ0) is 13.4. The summed E-state index contributed by atoms with van der Waals surface area (Å²) in [5.41, 5.74) is 6.80. The van der Waals surface area contributed by atoms with Crippen molar-refractivity contribution in [1.82, 2.24) is 4.98 Å². The molecule has 3 N–H and O–H groups in total. The van der Waals surface area contributed by atoms with Gasteiger partial charge in [0.25, 0.3) is 0 Å². The first-order chi connectivity index (χ1) is 9.20. The van der Waals surface area contributed by atoms with Gasteiger partial charge in [0.05, 0.1) is 19.2 Å². The second-order valence-corrected chi connectivity index (χ2v) is 5.50. The Morgan fingerprint density at radius 3 is 2.71 bits per heavy atom. The lowest BCUT2D eigenvalue weighted by molar-refractivity contribution is -0.121. The lowest BCUT2D eigenvalue weighted by atomic mass is 9.84. The van der Waals surface area contributed by atoms with E-state index in [1.54, 1.807) is 25.6 Å². The summed E-state index contributed by atoms with van der Waals surface area (Å²) in [4.78, 5) is 16.4. The summed E-state index contributed by atoms with van der Waals surface area (Å²) >= 11 is 0. The van der Waals surface area contributed by atoms with Crippen LogP contribution in [0.5, 0.6) is 5.75 Å². The highest BCUT2D eigenvalue weighted by Crippen LogP contribution is 2.48. The third kappa shape index (κ3) is 3.25. The summed E-state index contributed by atoms with van der Waals surface area (Å²) in [5, 5.41) is 2.91. The van der Waals surface area contributed by atoms with Crippen LogP contribution >= 0.6 is 24.8 Å². The Morgan fingerprint density at radius 2 is 2.10 bits per heavy atom. The number of hydrogen-bond acceptors (Lipinski definition) is 4. The normalized spacial score (nSPS) is 29.2. The molecule has 1 aromatic heterocycles. The van der Waals surface area contributed by atoms with Crippen LogP contribution in [0.15, 0.2) is 18.5 Å². The molecule has 4 unspecified atom stereocenters. The molecule has 0 radical (unpaired) electrons. The number of rotatable bonds is 3. The molecule has 2 fully saturated rings. The molecule has 2 saturated carbocycles. The largest absolute Gasteiger partial charge is 0.494 e. The van der Waals surface area contributed by atoms with Crippen molar-refractivity contribution in [2.45, 2.75) is 25.3 Å². The monoisotopic (exact) mass is 333 g/mol. The Hall–Kier alpha value is -1.04. The third-order valence-corrected chi connectivity index (χ3v) is 4.54. The number of pyridine rings is 1. The van der Waals surface area contributed by atoms with Gasteiger partial charge in [-0.25, -0.2) is 0 Å². The maximum Gasteiger partial charge on any atom is 0.229 e. The molecule has 2 bridgehead atoms. The Kier molecular flexibility index (Phi) is 6.25. The summed E-state index contributed by atoms with van der Waals surface area (Å²) < 4.78 is 5.21. The first kappa shape index (κ1) is 18.0. The van der Waals surface area contributed by atoms with Gasteiger partial charge in [-0.3, -0.25) is 9.78 Å². The average Bonchev–Trinajstić information content (AvgIpc) is 3.00. The smallest absolute Gasteiger partial charge is 0.229 e. The number of ether oxygens (including phenoxy) is 1. The summed E-state index contributed by atoms with van der Waals surface area (Å²) in [6.45, 7) is 0. The van der Waals surface area contributed by atoms with Gasteiger partial charge in [-0.1, -0.05) is 0 Å². The van der Waals surface area contributed by atoms with Gasteiger partial charge in [0.2, 0.25) is 5.91 Å². The van der Waals surface area contributed by atoms with Gasteiger partial charge < -0.3 is 15.8 Å². The Bertz CT molecular complexity index is 499. The summed E-state index contributed by atoms with van der Waals surface area (Å²) in [7, 11) is 1.58. The highest BCUT2D eigenvalue weighted by atomic mass is 35.5. The zero-order valence-corrected chi connectivity index (χ0v) is 13.5. The quantitative estimate of drug-likeness (QED) is 0.889. The van der Waals surface area contributed by atoms with Crippen molar-refractivity contribution < 1.29 is 9.53 Å². The van der Waals surface area contributed by atoms with E-state index in [9.17, 15) is 4.79 Å². The molecule has 2 aliphatic rings. The summed E-state index contributed by atoms with van der Waals surface area (Å²) in [6, 6.07) is 1.73. The standard InChI is InChI=1S/C14H19N3O2.2ClH/c1-19-11-4-5-16-7-10(11)17-14(18)12-8-2-3-9(6-8)13(12)15;;/h4-5,7-9,12-13H,2-3,6,15H2,1H3,(H,17,18);2*1H. The molecule has 7 heteroatoms. The van der Waals surface area contributed by atoms with Crippen LogP contribution in [-0.4, -0.2) is 24.0 Å². The average molecular weight is 334 g/mol. The number of nitrogens with two attached hydrogens (primary N) is 1. The minimum atomic E-state index is -0.0661. The summed E-state index contributed by atoms with van der Waals surface area (Å²) in [6.07, 6.45) is 6.64. The van der Waals surface area contributed by atoms with Gasteiger partial charge >= 0.3 is 0 Å². The molecule has 1 aromatic rings. The minimum Gasteiger partial charge on any atom is -0.494 e. The van der Waals surface area contributed by atoms with Gasteiger partial charge in [-0.2, -0.15) is 0 Å². The molecule has 0 spiro atoms. The van der Waals surface area contributed by atoms with E-state index in [0.717, 1.165) is 12.8 Å². The third-order valence-electron chi connectivity index (χ3n) is 4.54. The predicted molar refractivity (Wildman–Crippen MR) is 86.2 cm³/mol. The van der Waals surface area contributed by atoms with Crippen LogP contribution in [0.3, 0.4) is 0 Å². The molecular formula is C14H21Cl2N3O2. The van der Waals surface area contributed by atoms with Gasteiger partial charge in [0.15, 0.2) is 0 Å². The molecule has 118 valence electrons. The van der Waals surface area contributed by atoms with E-state index < -0.39 is 0 Å². The van der Waals surface area contributed by atoms with E-state index in [4.69, 9.17) is 10.5 Å². The fourth-order valence-corrected chi connectivity index (χ4v) is 3.59. The van der Waals surface area contributed by atoms with E-state index in [2.05, 4.69) is 10.3 Å². The molecule has 4 atom stereocenters. The Balaban J connectivity index is 0.00000110. The van der Waals surface area contributed by atoms with Crippen LogP contribution < -0.4 is 15.8 Å². The van der Waals surface area contributed by atoms with E-state index in [1.165, 1.54) is 6.42 Å². The Morgan fingerprint density at radius 1 is 1.38 bits per heavy atom. The molecule has 1 amide bonds. The van der Waals surface area contributed by atoms with Crippen molar-refractivity contribution in [3.63, 3.8) is 0 Å². The molecule has 21 heavy (non-hydrogen) atoms. The van der Waals surface area contributed by atoms with E-state index in [1.807, 2.05) is 0 Å². The second-order valence-electron chi connectivity index (χ2n) is 5.50. The molecule has 0 aliphatic heterocycles. The topological polar surface area (TPSA) is 77.2 Å². The number of fused-ring (bicyclic) bond motifs is 2. The van der Waals surface area contributed by atoms with Crippen molar-refractivity contribution in [3.05, 3.63) is 18.5 Å². The lowest BCUT2D eigenvalue weighted by Crippen LogP contribution is -2.42. The molecule has 1 heterocycles. The van der Waals surface area contributed by atoms with Gasteiger partial charge in [0, 0.05) is 18.3 Å². The van der Waals surface area contributed by atoms with Crippen LogP contribution in [-0.2, 0) is 4.79 Å². The number of carbonyl (C=O) groups excluding carboxylic acids is 1. The van der Waals surface area contributed by atoms with Crippen LogP contribution in [0.4, 0.5) is 5.69 Å². The molecule has 2 aliphatic carbocycles. The molecule has 3 rings (SSSR count). The Labute approximate surface area is 136 Å². The van der Waals surface area contributed by atoms with Gasteiger partial charge in [0.1, 0.15) is 11.4 Å². The maximum atomic E-state index is 12.4. The van der Waals surface area contributed by atoms with Crippen molar-refractivity contribution in [3.8, 4) is 5.75 Å². The number of hydrogen-bond donors (Lipinski definition) is 2. The molecule has 0 aromatic carbocycles. The van der Waals surface area contributed by atoms with Crippen molar-refractivity contribution in [2.75, 3.05) is 12.4 Å². The van der Waals surface area contributed by atoms with Crippen molar-refractivity contribution >= 4 is 36.4 Å². The van der Waals surface area contributed by atoms with Crippen LogP contribution in [0.25, 0.3) is 0 Å². The van der Waals surface area contributed by atoms with Gasteiger partial charge in [-0.05, 0) is 31.1 Å². The number of amides is 1. The highest BCUT2D eigenvalue weighted by Gasteiger charge is 2.49. The van der Waals surface area contributed by atoms with Gasteiger partial charge in [-0.15, -0.1) is 24.8 Å². The summed E-state index contributed by atoms with van der Waals surface area (Å²) in [5.74, 6) is 1.54. The highest BCUT2D eigenvalue weighted by molar-refractivity contribution is 5.94. The molecular weight excluding hydrogens is 313 g/mol.